The van der Waals surface area contributed by atoms with Gasteiger partial charge in [0.05, 0.1) is 0 Å². The van der Waals surface area contributed by atoms with Gasteiger partial charge in [-0.25, -0.2) is 9.78 Å². The summed E-state index contributed by atoms with van der Waals surface area (Å²) in [6.45, 7) is 3.57. The van der Waals surface area contributed by atoms with Crippen molar-refractivity contribution in [2.45, 2.75) is 26.3 Å². The number of hydrogen-bond donors (Lipinski definition) is 2. The predicted molar refractivity (Wildman–Crippen MR) is 101 cm³/mol. The monoisotopic (exact) mass is 352 g/mol. The van der Waals surface area contributed by atoms with Gasteiger partial charge >= 0.3 is 6.03 Å². The number of anilines is 1. The number of aromatic nitrogens is 1. The molecule has 1 aromatic carbocycles. The second-order valence-corrected chi connectivity index (χ2v) is 6.56. The maximum absolute atomic E-state index is 12.4. The van der Waals surface area contributed by atoms with Gasteiger partial charge in [-0.2, -0.15) is 0 Å². The number of nitrogens with zero attached hydrogens (tertiary/aromatic N) is 2. The Hall–Kier alpha value is -2.89. The number of aryl methyl sites for hydroxylation is 1. The lowest BCUT2D eigenvalue weighted by Crippen LogP contribution is -2.45. The molecule has 2 heterocycles. The first kappa shape index (κ1) is 17.9. The predicted octanol–water partition coefficient (Wildman–Crippen LogP) is 2.95. The Morgan fingerprint density at radius 1 is 1.08 bits per heavy atom. The van der Waals surface area contributed by atoms with E-state index in [9.17, 15) is 9.59 Å². The summed E-state index contributed by atoms with van der Waals surface area (Å²) < 4.78 is 0. The number of amides is 3. The molecule has 136 valence electrons. The Kier molecular flexibility index (Phi) is 5.84. The van der Waals surface area contributed by atoms with Gasteiger partial charge in [-0.3, -0.25) is 4.79 Å². The number of nitrogens with one attached hydrogen (secondary N) is 2. The fourth-order valence-corrected chi connectivity index (χ4v) is 3.07. The highest BCUT2D eigenvalue weighted by molar-refractivity contribution is 5.91. The molecule has 1 aromatic heterocycles. The van der Waals surface area contributed by atoms with Crippen LogP contribution in [0.15, 0.2) is 48.5 Å². The zero-order chi connectivity index (χ0) is 18.4. The van der Waals surface area contributed by atoms with E-state index in [4.69, 9.17) is 0 Å². The lowest BCUT2D eigenvalue weighted by atomic mass is 9.96. The Labute approximate surface area is 153 Å². The minimum absolute atomic E-state index is 0.0209. The number of hydrogen-bond acceptors (Lipinski definition) is 3. The van der Waals surface area contributed by atoms with Crippen molar-refractivity contribution in [3.63, 3.8) is 0 Å². The minimum Gasteiger partial charge on any atom is -0.334 e. The maximum atomic E-state index is 12.4. The summed E-state index contributed by atoms with van der Waals surface area (Å²) >= 11 is 0. The van der Waals surface area contributed by atoms with Crippen LogP contribution in [-0.4, -0.2) is 34.9 Å². The standard InChI is InChI=1S/C20H24N4O2/c1-15-6-5-9-18(22-15)23-19(25)17-10-12-24(13-11-17)20(26)21-14-16-7-3-2-4-8-16/h2-9,17H,10-14H2,1H3,(H,21,26)(H,22,23,25). The van der Waals surface area contributed by atoms with Crippen LogP contribution in [0.1, 0.15) is 24.1 Å². The molecule has 1 fully saturated rings. The molecule has 0 spiro atoms. The number of piperidine rings is 1. The van der Waals surface area contributed by atoms with Crippen LogP contribution >= 0.6 is 0 Å². The van der Waals surface area contributed by atoms with Gasteiger partial charge in [-0.15, -0.1) is 0 Å². The second kappa shape index (κ2) is 8.47. The van der Waals surface area contributed by atoms with Crippen LogP contribution in [-0.2, 0) is 11.3 Å². The molecule has 2 aromatic rings. The highest BCUT2D eigenvalue weighted by Crippen LogP contribution is 2.19. The largest absolute Gasteiger partial charge is 0.334 e. The summed E-state index contributed by atoms with van der Waals surface area (Å²) in [7, 11) is 0. The van der Waals surface area contributed by atoms with Gasteiger partial charge in [0.1, 0.15) is 5.82 Å². The third-order valence-corrected chi connectivity index (χ3v) is 4.58. The molecule has 6 heteroatoms. The molecular formula is C20H24N4O2. The summed E-state index contributed by atoms with van der Waals surface area (Å²) in [4.78, 5) is 30.7. The molecule has 1 aliphatic heterocycles. The van der Waals surface area contributed by atoms with Crippen LogP contribution in [0, 0.1) is 12.8 Å². The lowest BCUT2D eigenvalue weighted by molar-refractivity contribution is -0.121. The highest BCUT2D eigenvalue weighted by atomic mass is 16.2. The Morgan fingerprint density at radius 2 is 1.81 bits per heavy atom. The van der Waals surface area contributed by atoms with Gasteiger partial charge in [0.25, 0.3) is 0 Å². The molecule has 0 radical (unpaired) electrons. The molecule has 6 nitrogen and oxygen atoms in total. The molecule has 0 atom stereocenters. The number of rotatable bonds is 4. The molecule has 3 amide bonds. The van der Waals surface area contributed by atoms with Crippen LogP contribution in [0.5, 0.6) is 0 Å². The fourth-order valence-electron chi connectivity index (χ4n) is 3.07. The smallest absolute Gasteiger partial charge is 0.317 e. The SMILES string of the molecule is Cc1cccc(NC(=O)C2CCN(C(=O)NCc3ccccc3)CC2)n1. The van der Waals surface area contributed by atoms with E-state index >= 15 is 0 Å². The zero-order valence-corrected chi connectivity index (χ0v) is 14.9. The summed E-state index contributed by atoms with van der Waals surface area (Å²) in [5, 5.41) is 5.81. The van der Waals surface area contributed by atoms with Crippen LogP contribution in [0.4, 0.5) is 10.6 Å². The Bertz CT molecular complexity index is 755. The molecule has 1 aliphatic rings. The highest BCUT2D eigenvalue weighted by Gasteiger charge is 2.27. The zero-order valence-electron chi connectivity index (χ0n) is 14.9. The molecule has 3 rings (SSSR count). The van der Waals surface area contributed by atoms with Crippen molar-refractivity contribution in [1.29, 1.82) is 0 Å². The summed E-state index contributed by atoms with van der Waals surface area (Å²) in [5.41, 5.74) is 1.94. The van der Waals surface area contributed by atoms with Gasteiger partial charge in [-0.1, -0.05) is 36.4 Å². The van der Waals surface area contributed by atoms with E-state index in [1.807, 2.05) is 49.4 Å². The topological polar surface area (TPSA) is 74.3 Å². The lowest BCUT2D eigenvalue weighted by Gasteiger charge is -2.31. The maximum Gasteiger partial charge on any atom is 0.317 e. The molecular weight excluding hydrogens is 328 g/mol. The first-order valence-electron chi connectivity index (χ1n) is 8.93. The van der Waals surface area contributed by atoms with Crippen molar-refractivity contribution in [2.24, 2.45) is 5.92 Å². The van der Waals surface area contributed by atoms with E-state index in [0.29, 0.717) is 38.3 Å². The normalized spacial score (nSPS) is 14.7. The Balaban J connectivity index is 1.44. The number of likely N-dealkylation sites (tertiary alicyclic amines) is 1. The molecule has 0 unspecified atom stereocenters. The quantitative estimate of drug-likeness (QED) is 0.888. The molecule has 26 heavy (non-hydrogen) atoms. The molecule has 0 aliphatic carbocycles. The molecule has 0 bridgehead atoms. The molecule has 2 N–H and O–H groups in total. The average molecular weight is 352 g/mol. The first-order chi connectivity index (χ1) is 12.6. The van der Waals surface area contributed by atoms with Crippen molar-refractivity contribution in [2.75, 3.05) is 18.4 Å². The van der Waals surface area contributed by atoms with E-state index in [2.05, 4.69) is 15.6 Å². The van der Waals surface area contributed by atoms with Crippen molar-refractivity contribution in [1.82, 2.24) is 15.2 Å². The van der Waals surface area contributed by atoms with E-state index in [1.165, 1.54) is 0 Å². The van der Waals surface area contributed by atoms with Crippen LogP contribution in [0.25, 0.3) is 0 Å². The molecule has 1 saturated heterocycles. The van der Waals surface area contributed by atoms with E-state index in [-0.39, 0.29) is 17.9 Å². The number of pyridine rings is 1. The van der Waals surface area contributed by atoms with Gasteiger partial charge in [0.15, 0.2) is 0 Å². The average Bonchev–Trinajstić information content (AvgIpc) is 2.67. The van der Waals surface area contributed by atoms with Crippen molar-refractivity contribution >= 4 is 17.8 Å². The van der Waals surface area contributed by atoms with Crippen LogP contribution in [0.2, 0.25) is 0 Å². The minimum atomic E-state index is -0.0875. The van der Waals surface area contributed by atoms with Crippen molar-refractivity contribution in [3.8, 4) is 0 Å². The number of carbonyl (C=O) groups excluding carboxylic acids is 2. The van der Waals surface area contributed by atoms with E-state index < -0.39 is 0 Å². The third-order valence-electron chi connectivity index (χ3n) is 4.58. The third kappa shape index (κ3) is 4.81. The summed E-state index contributed by atoms with van der Waals surface area (Å²) in [6.07, 6.45) is 1.33. The van der Waals surface area contributed by atoms with E-state index in [0.717, 1.165) is 11.3 Å². The van der Waals surface area contributed by atoms with Gasteiger partial charge in [0.2, 0.25) is 5.91 Å². The first-order valence-corrected chi connectivity index (χ1v) is 8.93. The summed E-state index contributed by atoms with van der Waals surface area (Å²) in [5.74, 6) is 0.473. The van der Waals surface area contributed by atoms with Gasteiger partial charge < -0.3 is 15.5 Å². The van der Waals surface area contributed by atoms with Gasteiger partial charge in [0, 0.05) is 31.2 Å². The van der Waals surface area contributed by atoms with Crippen LogP contribution in [0.3, 0.4) is 0 Å². The summed E-state index contributed by atoms with van der Waals surface area (Å²) in [6, 6.07) is 15.3. The van der Waals surface area contributed by atoms with E-state index in [1.54, 1.807) is 11.0 Å². The van der Waals surface area contributed by atoms with Gasteiger partial charge in [-0.05, 0) is 37.5 Å². The fraction of sp³-hybridized carbons (Fsp3) is 0.350. The number of benzene rings is 1. The number of carbonyl (C=O) groups is 2. The van der Waals surface area contributed by atoms with Crippen molar-refractivity contribution in [3.05, 3.63) is 59.8 Å². The second-order valence-electron chi connectivity index (χ2n) is 6.56. The number of urea groups is 1. The van der Waals surface area contributed by atoms with Crippen LogP contribution < -0.4 is 10.6 Å². The Morgan fingerprint density at radius 3 is 2.50 bits per heavy atom. The molecule has 0 saturated carbocycles. The van der Waals surface area contributed by atoms with Crippen molar-refractivity contribution < 1.29 is 9.59 Å².